The summed E-state index contributed by atoms with van der Waals surface area (Å²) in [5.74, 6) is 0.655. The smallest absolute Gasteiger partial charge is 0.225 e. The maximum atomic E-state index is 12.2. The van der Waals surface area contributed by atoms with Crippen molar-refractivity contribution in [1.82, 2.24) is 14.8 Å². The van der Waals surface area contributed by atoms with Gasteiger partial charge in [-0.15, -0.1) is 11.8 Å². The summed E-state index contributed by atoms with van der Waals surface area (Å²) in [6, 6.07) is 15.1. The van der Waals surface area contributed by atoms with Crippen molar-refractivity contribution in [2.75, 3.05) is 11.1 Å². The Morgan fingerprint density at radius 1 is 1.17 bits per heavy atom. The fourth-order valence-electron chi connectivity index (χ4n) is 2.12. The first-order valence-electron chi connectivity index (χ1n) is 7.34. The molecule has 0 aliphatic rings. The van der Waals surface area contributed by atoms with E-state index in [0.29, 0.717) is 22.9 Å². The summed E-state index contributed by atoms with van der Waals surface area (Å²) in [5, 5.41) is 7.74. The van der Waals surface area contributed by atoms with Crippen LogP contribution in [0.25, 0.3) is 5.69 Å². The van der Waals surface area contributed by atoms with E-state index in [1.807, 2.05) is 48.5 Å². The maximum absolute atomic E-state index is 12.2. The number of anilines is 1. The van der Waals surface area contributed by atoms with Crippen LogP contribution in [-0.4, -0.2) is 26.4 Å². The number of benzene rings is 2. The average molecular weight is 359 g/mol. The lowest BCUT2D eigenvalue weighted by Crippen LogP contribution is -2.14. The van der Waals surface area contributed by atoms with E-state index in [0.717, 1.165) is 10.6 Å². The van der Waals surface area contributed by atoms with Gasteiger partial charge in [0.2, 0.25) is 5.91 Å². The van der Waals surface area contributed by atoms with Gasteiger partial charge in [0, 0.05) is 22.1 Å². The lowest BCUT2D eigenvalue weighted by molar-refractivity contribution is -0.115. The summed E-state index contributed by atoms with van der Waals surface area (Å²) in [6.45, 7) is 0. The van der Waals surface area contributed by atoms with Crippen molar-refractivity contribution >= 4 is 35.0 Å². The first kappa shape index (κ1) is 16.5. The van der Waals surface area contributed by atoms with E-state index in [1.54, 1.807) is 22.8 Å². The molecule has 3 rings (SSSR count). The Morgan fingerprint density at radius 2 is 1.96 bits per heavy atom. The Morgan fingerprint density at radius 3 is 2.71 bits per heavy atom. The van der Waals surface area contributed by atoms with Gasteiger partial charge >= 0.3 is 0 Å². The van der Waals surface area contributed by atoms with Gasteiger partial charge in [-0.2, -0.15) is 5.10 Å². The molecular weight excluding hydrogens is 344 g/mol. The second kappa shape index (κ2) is 7.99. The fourth-order valence-corrected chi connectivity index (χ4v) is 3.09. The second-order valence-electron chi connectivity index (χ2n) is 4.96. The zero-order valence-corrected chi connectivity index (χ0v) is 14.3. The molecule has 3 aromatic rings. The van der Waals surface area contributed by atoms with E-state index in [9.17, 15) is 4.79 Å². The van der Waals surface area contributed by atoms with E-state index in [4.69, 9.17) is 11.6 Å². The van der Waals surface area contributed by atoms with Crippen LogP contribution in [0.15, 0.2) is 66.1 Å². The van der Waals surface area contributed by atoms with Gasteiger partial charge in [0.1, 0.15) is 12.7 Å². The number of para-hydroxylation sites is 2. The molecule has 0 aliphatic carbocycles. The predicted molar refractivity (Wildman–Crippen MR) is 96.8 cm³/mol. The van der Waals surface area contributed by atoms with Crippen LogP contribution < -0.4 is 5.32 Å². The molecule has 0 saturated heterocycles. The van der Waals surface area contributed by atoms with Gasteiger partial charge in [-0.05, 0) is 36.4 Å². The van der Waals surface area contributed by atoms with Gasteiger partial charge in [0.25, 0.3) is 0 Å². The lowest BCUT2D eigenvalue weighted by atomic mass is 10.2. The highest BCUT2D eigenvalue weighted by Gasteiger charge is 2.08. The zero-order valence-electron chi connectivity index (χ0n) is 12.7. The number of aromatic nitrogens is 3. The van der Waals surface area contributed by atoms with Crippen molar-refractivity contribution in [2.24, 2.45) is 0 Å². The molecule has 1 heterocycles. The number of hydrogen-bond donors (Lipinski definition) is 1. The Balaban J connectivity index is 1.57. The summed E-state index contributed by atoms with van der Waals surface area (Å²) < 4.78 is 1.62. The number of rotatable bonds is 6. The molecule has 24 heavy (non-hydrogen) atoms. The third-order valence-corrected chi connectivity index (χ3v) is 4.52. The largest absolute Gasteiger partial charge is 0.324 e. The fraction of sp³-hybridized carbons (Fsp3) is 0.118. The van der Waals surface area contributed by atoms with Gasteiger partial charge in [-0.1, -0.05) is 23.7 Å². The number of nitrogens with zero attached hydrogens (tertiary/aromatic N) is 3. The van der Waals surface area contributed by atoms with Crippen molar-refractivity contribution in [3.63, 3.8) is 0 Å². The number of carbonyl (C=O) groups excluding carboxylic acids is 1. The molecule has 1 amide bonds. The summed E-state index contributed by atoms with van der Waals surface area (Å²) in [6.07, 6.45) is 3.47. The van der Waals surface area contributed by atoms with Crippen LogP contribution in [0.2, 0.25) is 5.02 Å². The molecule has 0 saturated carbocycles. The molecule has 7 heteroatoms. The molecule has 0 fully saturated rings. The molecular formula is C17H15ClN4OS. The number of hydrogen-bond acceptors (Lipinski definition) is 4. The van der Waals surface area contributed by atoms with E-state index < -0.39 is 0 Å². The topological polar surface area (TPSA) is 59.8 Å². The number of amides is 1. The van der Waals surface area contributed by atoms with E-state index in [2.05, 4.69) is 15.4 Å². The minimum absolute atomic E-state index is 0.0379. The van der Waals surface area contributed by atoms with Gasteiger partial charge < -0.3 is 5.32 Å². The molecule has 2 aromatic carbocycles. The first-order chi connectivity index (χ1) is 11.7. The molecule has 0 spiro atoms. The lowest BCUT2D eigenvalue weighted by Gasteiger charge is -2.10. The highest BCUT2D eigenvalue weighted by Crippen LogP contribution is 2.22. The van der Waals surface area contributed by atoms with Crippen LogP contribution >= 0.6 is 23.4 Å². The van der Waals surface area contributed by atoms with Crippen LogP contribution in [0.3, 0.4) is 0 Å². The SMILES string of the molecule is O=C(CCSc1ccc(Cl)cc1)Nc1ccccc1-n1cncn1. The highest BCUT2D eigenvalue weighted by molar-refractivity contribution is 7.99. The molecule has 1 N–H and O–H groups in total. The zero-order chi connectivity index (χ0) is 16.8. The van der Waals surface area contributed by atoms with Crippen molar-refractivity contribution in [3.8, 4) is 5.69 Å². The van der Waals surface area contributed by atoms with Gasteiger partial charge in [0.05, 0.1) is 11.4 Å². The summed E-state index contributed by atoms with van der Waals surface area (Å²) in [7, 11) is 0. The average Bonchev–Trinajstić information content (AvgIpc) is 3.11. The summed E-state index contributed by atoms with van der Waals surface area (Å²) in [5.41, 5.74) is 1.50. The highest BCUT2D eigenvalue weighted by atomic mass is 35.5. The van der Waals surface area contributed by atoms with Crippen molar-refractivity contribution in [3.05, 3.63) is 66.2 Å². The standard InChI is InChI=1S/C17H15ClN4OS/c18-13-5-7-14(8-6-13)24-10-9-17(23)21-15-3-1-2-4-16(15)22-12-19-11-20-22/h1-8,11-12H,9-10H2,(H,21,23). The molecule has 0 bridgehead atoms. The van der Waals surface area contributed by atoms with Gasteiger partial charge in [0.15, 0.2) is 0 Å². The van der Waals surface area contributed by atoms with Gasteiger partial charge in [-0.25, -0.2) is 9.67 Å². The van der Waals surface area contributed by atoms with Crippen LogP contribution in [-0.2, 0) is 4.79 Å². The maximum Gasteiger partial charge on any atom is 0.225 e. The third kappa shape index (κ3) is 4.37. The monoisotopic (exact) mass is 358 g/mol. The minimum Gasteiger partial charge on any atom is -0.324 e. The Kier molecular flexibility index (Phi) is 5.51. The van der Waals surface area contributed by atoms with Crippen LogP contribution in [0.5, 0.6) is 0 Å². The van der Waals surface area contributed by atoms with Gasteiger partial charge in [-0.3, -0.25) is 4.79 Å². The molecule has 5 nitrogen and oxygen atoms in total. The van der Waals surface area contributed by atoms with Crippen molar-refractivity contribution in [2.45, 2.75) is 11.3 Å². The van der Waals surface area contributed by atoms with E-state index in [1.165, 1.54) is 6.33 Å². The predicted octanol–water partition coefficient (Wildman–Crippen LogP) is 4.04. The molecule has 1 aromatic heterocycles. The van der Waals surface area contributed by atoms with Crippen molar-refractivity contribution < 1.29 is 4.79 Å². The number of nitrogens with one attached hydrogen (secondary N) is 1. The quantitative estimate of drug-likeness (QED) is 0.675. The third-order valence-electron chi connectivity index (χ3n) is 3.26. The van der Waals surface area contributed by atoms with Crippen LogP contribution in [0.4, 0.5) is 5.69 Å². The van der Waals surface area contributed by atoms with Crippen molar-refractivity contribution in [1.29, 1.82) is 0 Å². The minimum atomic E-state index is -0.0379. The summed E-state index contributed by atoms with van der Waals surface area (Å²) >= 11 is 7.48. The number of carbonyl (C=O) groups is 1. The summed E-state index contributed by atoms with van der Waals surface area (Å²) in [4.78, 5) is 17.2. The molecule has 0 atom stereocenters. The number of thioether (sulfide) groups is 1. The normalized spacial score (nSPS) is 10.5. The second-order valence-corrected chi connectivity index (χ2v) is 6.56. The molecule has 122 valence electrons. The van der Waals surface area contributed by atoms with E-state index in [-0.39, 0.29) is 5.91 Å². The Bertz CT molecular complexity index is 806. The Labute approximate surface area is 149 Å². The first-order valence-corrected chi connectivity index (χ1v) is 8.71. The van der Waals surface area contributed by atoms with Crippen LogP contribution in [0, 0.1) is 0 Å². The molecule has 0 unspecified atom stereocenters. The van der Waals surface area contributed by atoms with Crippen LogP contribution in [0.1, 0.15) is 6.42 Å². The number of halogens is 1. The molecule has 0 radical (unpaired) electrons. The Hall–Kier alpha value is -2.31. The molecule has 0 aliphatic heterocycles. The van der Waals surface area contributed by atoms with E-state index >= 15 is 0 Å².